The van der Waals surface area contributed by atoms with E-state index in [0.29, 0.717) is 0 Å². The van der Waals surface area contributed by atoms with E-state index in [-0.39, 0.29) is 0 Å². The van der Waals surface area contributed by atoms with E-state index in [2.05, 4.69) is 61.1 Å². The van der Waals surface area contributed by atoms with Crippen LogP contribution in [0.3, 0.4) is 0 Å². The van der Waals surface area contributed by atoms with Crippen LogP contribution in [-0.4, -0.2) is 19.7 Å². The Kier molecular flexibility index (Phi) is 3.29. The van der Waals surface area contributed by atoms with Gasteiger partial charge in [0.15, 0.2) is 0 Å². The van der Waals surface area contributed by atoms with E-state index < -0.39 is 0 Å². The van der Waals surface area contributed by atoms with E-state index in [1.165, 1.54) is 22.3 Å². The van der Waals surface area contributed by atoms with Crippen molar-refractivity contribution in [2.75, 3.05) is 0 Å². The van der Waals surface area contributed by atoms with Crippen molar-refractivity contribution >= 4 is 0 Å². The van der Waals surface area contributed by atoms with Crippen molar-refractivity contribution < 1.29 is 0 Å². The van der Waals surface area contributed by atoms with Crippen LogP contribution in [0, 0.1) is 27.7 Å². The smallest absolute Gasteiger partial charge is 0.142 e. The zero-order valence-electron chi connectivity index (χ0n) is 12.8. The number of nitrogens with zero attached hydrogens (tertiary/aromatic N) is 4. The monoisotopic (exact) mass is 278 g/mol. The van der Waals surface area contributed by atoms with E-state index in [1.807, 2.05) is 10.8 Å². The Balaban J connectivity index is 2.12. The molecule has 106 valence electrons. The highest BCUT2D eigenvalue weighted by molar-refractivity contribution is 5.71. The van der Waals surface area contributed by atoms with Crippen LogP contribution < -0.4 is 0 Å². The fourth-order valence-corrected chi connectivity index (χ4v) is 2.92. The van der Waals surface area contributed by atoms with E-state index in [4.69, 9.17) is 0 Å². The lowest BCUT2D eigenvalue weighted by Crippen LogP contribution is -1.99. The molecule has 0 saturated heterocycles. The zero-order chi connectivity index (χ0) is 15.0. The number of hydrogen-bond donors (Lipinski definition) is 0. The number of rotatable bonds is 2. The van der Waals surface area contributed by atoms with Crippen molar-refractivity contribution in [3.63, 3.8) is 0 Å². The van der Waals surface area contributed by atoms with Gasteiger partial charge in [-0.25, -0.2) is 4.98 Å². The average Bonchev–Trinajstić information content (AvgIpc) is 2.91. The van der Waals surface area contributed by atoms with Gasteiger partial charge in [0, 0.05) is 11.8 Å². The summed E-state index contributed by atoms with van der Waals surface area (Å²) >= 11 is 0. The fraction of sp³-hybridized carbons (Fsp3) is 0.235. The van der Waals surface area contributed by atoms with Crippen molar-refractivity contribution in [3.05, 3.63) is 59.3 Å². The highest BCUT2D eigenvalue weighted by atomic mass is 15.2. The number of hydrogen-bond acceptors (Lipinski definition) is 3. The lowest BCUT2D eigenvalue weighted by Gasteiger charge is -2.13. The van der Waals surface area contributed by atoms with Crippen molar-refractivity contribution in [3.8, 4) is 16.9 Å². The van der Waals surface area contributed by atoms with Gasteiger partial charge in [-0.2, -0.15) is 0 Å². The molecule has 1 aromatic carbocycles. The molecule has 0 aliphatic carbocycles. The van der Waals surface area contributed by atoms with Gasteiger partial charge in [-0.1, -0.05) is 17.7 Å². The zero-order valence-corrected chi connectivity index (χ0v) is 12.8. The number of aryl methyl sites for hydroxylation is 4. The average molecular weight is 278 g/mol. The first-order valence-corrected chi connectivity index (χ1v) is 6.96. The maximum Gasteiger partial charge on any atom is 0.142 e. The summed E-state index contributed by atoms with van der Waals surface area (Å²) in [5.41, 5.74) is 7.38. The summed E-state index contributed by atoms with van der Waals surface area (Å²) in [7, 11) is 0. The lowest BCUT2D eigenvalue weighted by atomic mass is 9.94. The molecule has 2 aromatic heterocycles. The van der Waals surface area contributed by atoms with Crippen LogP contribution in [0.2, 0.25) is 0 Å². The summed E-state index contributed by atoms with van der Waals surface area (Å²) in [4.78, 5) is 4.58. The molecule has 0 unspecified atom stereocenters. The van der Waals surface area contributed by atoms with E-state index in [1.54, 1.807) is 12.7 Å². The van der Waals surface area contributed by atoms with Gasteiger partial charge >= 0.3 is 0 Å². The van der Waals surface area contributed by atoms with Crippen molar-refractivity contribution in [2.24, 2.45) is 0 Å². The first-order valence-electron chi connectivity index (χ1n) is 6.96. The predicted octanol–water partition coefficient (Wildman–Crippen LogP) is 3.56. The Morgan fingerprint density at radius 2 is 1.43 bits per heavy atom. The molecular formula is C17H18N4. The van der Waals surface area contributed by atoms with Gasteiger partial charge < -0.3 is 0 Å². The summed E-state index contributed by atoms with van der Waals surface area (Å²) in [5, 5.41) is 7.66. The summed E-state index contributed by atoms with van der Waals surface area (Å²) in [5.74, 6) is 0.867. The second kappa shape index (κ2) is 5.13. The molecule has 3 rings (SSSR count). The third-order valence-corrected chi connectivity index (χ3v) is 3.68. The second-order valence-corrected chi connectivity index (χ2v) is 5.51. The van der Waals surface area contributed by atoms with Crippen LogP contribution in [0.25, 0.3) is 16.9 Å². The molecule has 3 aromatic rings. The molecule has 21 heavy (non-hydrogen) atoms. The molecule has 0 amide bonds. The van der Waals surface area contributed by atoms with Crippen LogP contribution in [0.15, 0.2) is 37.1 Å². The van der Waals surface area contributed by atoms with Gasteiger partial charge in [-0.3, -0.25) is 4.57 Å². The van der Waals surface area contributed by atoms with Crippen molar-refractivity contribution in [1.29, 1.82) is 0 Å². The lowest BCUT2D eigenvalue weighted by molar-refractivity contribution is 0.973. The Morgan fingerprint density at radius 3 is 2.00 bits per heavy atom. The molecule has 0 radical (unpaired) electrons. The Labute approximate surface area is 124 Å². The first kappa shape index (κ1) is 13.5. The number of pyridine rings is 1. The van der Waals surface area contributed by atoms with Crippen LogP contribution in [0.4, 0.5) is 0 Å². The molecule has 0 bridgehead atoms. The minimum Gasteiger partial charge on any atom is -0.272 e. The van der Waals surface area contributed by atoms with Crippen molar-refractivity contribution in [2.45, 2.75) is 27.7 Å². The Morgan fingerprint density at radius 1 is 0.810 bits per heavy atom. The van der Waals surface area contributed by atoms with Gasteiger partial charge in [0.05, 0.1) is 0 Å². The van der Waals surface area contributed by atoms with E-state index >= 15 is 0 Å². The quantitative estimate of drug-likeness (QED) is 0.720. The minimum atomic E-state index is 0.867. The van der Waals surface area contributed by atoms with Gasteiger partial charge in [0.25, 0.3) is 0 Å². The van der Waals surface area contributed by atoms with Gasteiger partial charge in [-0.15, -0.1) is 10.2 Å². The molecule has 0 atom stereocenters. The molecule has 0 aliphatic rings. The third kappa shape index (κ3) is 2.44. The highest BCUT2D eigenvalue weighted by Crippen LogP contribution is 2.29. The maximum absolute atomic E-state index is 4.58. The van der Waals surface area contributed by atoms with Crippen LogP contribution in [-0.2, 0) is 0 Å². The SMILES string of the molecule is Cc1cc(C)c(-c2cnc(-n3cnnc3)c(C)c2)c(C)c1. The largest absolute Gasteiger partial charge is 0.272 e. The van der Waals surface area contributed by atoms with E-state index in [0.717, 1.165) is 16.9 Å². The van der Waals surface area contributed by atoms with Crippen LogP contribution in [0.5, 0.6) is 0 Å². The maximum atomic E-state index is 4.58. The van der Waals surface area contributed by atoms with Crippen LogP contribution >= 0.6 is 0 Å². The molecule has 4 nitrogen and oxygen atoms in total. The molecule has 0 saturated carbocycles. The molecular weight excluding hydrogens is 260 g/mol. The highest BCUT2D eigenvalue weighted by Gasteiger charge is 2.10. The normalized spacial score (nSPS) is 10.9. The number of aromatic nitrogens is 4. The predicted molar refractivity (Wildman–Crippen MR) is 83.5 cm³/mol. The van der Waals surface area contributed by atoms with Gasteiger partial charge in [0.1, 0.15) is 18.5 Å². The van der Waals surface area contributed by atoms with Gasteiger partial charge in [-0.05, 0) is 56.0 Å². The van der Waals surface area contributed by atoms with Gasteiger partial charge in [0.2, 0.25) is 0 Å². The molecule has 0 N–H and O–H groups in total. The van der Waals surface area contributed by atoms with E-state index in [9.17, 15) is 0 Å². The molecule has 0 fully saturated rings. The Hall–Kier alpha value is -2.49. The third-order valence-electron chi connectivity index (χ3n) is 3.68. The standard InChI is InChI=1S/C17H18N4/c1-11-5-12(2)16(13(3)6-11)15-7-14(4)17(18-8-15)21-9-19-20-10-21/h5-10H,1-4H3. The van der Waals surface area contributed by atoms with Crippen LogP contribution in [0.1, 0.15) is 22.3 Å². The Bertz CT molecular complexity index is 766. The summed E-state index contributed by atoms with van der Waals surface area (Å²) in [6.45, 7) is 8.49. The molecule has 4 heteroatoms. The molecule has 2 heterocycles. The number of benzene rings is 1. The second-order valence-electron chi connectivity index (χ2n) is 5.51. The summed E-state index contributed by atoms with van der Waals surface area (Å²) in [6.07, 6.45) is 5.25. The first-order chi connectivity index (χ1) is 10.1. The minimum absolute atomic E-state index is 0.867. The fourth-order valence-electron chi connectivity index (χ4n) is 2.92. The topological polar surface area (TPSA) is 43.6 Å². The van der Waals surface area contributed by atoms with Crippen molar-refractivity contribution in [1.82, 2.24) is 19.7 Å². The molecule has 0 spiro atoms. The molecule has 0 aliphatic heterocycles. The summed E-state index contributed by atoms with van der Waals surface area (Å²) in [6, 6.07) is 6.60. The summed E-state index contributed by atoms with van der Waals surface area (Å²) < 4.78 is 1.83.